The first kappa shape index (κ1) is 16.4. The van der Waals surface area contributed by atoms with Gasteiger partial charge in [-0.25, -0.2) is 0 Å². The summed E-state index contributed by atoms with van der Waals surface area (Å²) in [7, 11) is 1.64. The maximum Gasteiger partial charge on any atom is 0.233 e. The van der Waals surface area contributed by atoms with Gasteiger partial charge in [-0.3, -0.25) is 4.79 Å². The SMILES string of the molecule is COc1ccccc1[C@H](C)NC(=O)[C@@H](C)Sc1ccccc1. The first-order valence-corrected chi connectivity index (χ1v) is 8.14. The molecule has 0 aliphatic heterocycles. The van der Waals surface area contributed by atoms with Crippen molar-refractivity contribution in [3.63, 3.8) is 0 Å². The second-order valence-corrected chi connectivity index (χ2v) is 6.46. The first-order valence-electron chi connectivity index (χ1n) is 7.27. The van der Waals surface area contributed by atoms with Gasteiger partial charge < -0.3 is 10.1 Å². The van der Waals surface area contributed by atoms with E-state index < -0.39 is 0 Å². The quantitative estimate of drug-likeness (QED) is 0.817. The number of hydrogen-bond donors (Lipinski definition) is 1. The van der Waals surface area contributed by atoms with Crippen molar-refractivity contribution in [1.82, 2.24) is 5.32 Å². The van der Waals surface area contributed by atoms with Gasteiger partial charge >= 0.3 is 0 Å². The van der Waals surface area contributed by atoms with Crippen LogP contribution in [0.15, 0.2) is 59.5 Å². The lowest BCUT2D eigenvalue weighted by Crippen LogP contribution is -2.33. The summed E-state index contributed by atoms with van der Waals surface area (Å²) in [5, 5.41) is 2.90. The summed E-state index contributed by atoms with van der Waals surface area (Å²) in [4.78, 5) is 13.5. The average molecular weight is 315 g/mol. The summed E-state index contributed by atoms with van der Waals surface area (Å²) < 4.78 is 5.35. The van der Waals surface area contributed by atoms with Crippen molar-refractivity contribution in [2.45, 2.75) is 30.0 Å². The predicted octanol–water partition coefficient (Wildman–Crippen LogP) is 4.05. The summed E-state index contributed by atoms with van der Waals surface area (Å²) in [6.07, 6.45) is 0. The van der Waals surface area contributed by atoms with E-state index in [1.54, 1.807) is 18.9 Å². The van der Waals surface area contributed by atoms with Crippen molar-refractivity contribution in [2.24, 2.45) is 0 Å². The van der Waals surface area contributed by atoms with Crippen LogP contribution < -0.4 is 10.1 Å². The number of benzene rings is 2. The van der Waals surface area contributed by atoms with Crippen LogP contribution in [0.25, 0.3) is 0 Å². The molecule has 0 saturated heterocycles. The summed E-state index contributed by atoms with van der Waals surface area (Å²) in [5.41, 5.74) is 0.982. The van der Waals surface area contributed by atoms with Gasteiger partial charge in [0.2, 0.25) is 5.91 Å². The van der Waals surface area contributed by atoms with E-state index >= 15 is 0 Å². The Kier molecular flexibility index (Phi) is 5.90. The molecule has 1 N–H and O–H groups in total. The molecule has 0 fully saturated rings. The highest BCUT2D eigenvalue weighted by atomic mass is 32.2. The van der Waals surface area contributed by atoms with Crippen molar-refractivity contribution in [3.8, 4) is 5.75 Å². The zero-order chi connectivity index (χ0) is 15.9. The molecule has 0 aromatic heterocycles. The molecule has 2 aromatic carbocycles. The highest BCUT2D eigenvalue weighted by Gasteiger charge is 2.18. The molecule has 2 rings (SSSR count). The predicted molar refractivity (Wildman–Crippen MR) is 91.3 cm³/mol. The molecule has 0 heterocycles. The van der Waals surface area contributed by atoms with Gasteiger partial charge in [-0.1, -0.05) is 36.4 Å². The monoisotopic (exact) mass is 315 g/mol. The van der Waals surface area contributed by atoms with E-state index in [0.29, 0.717) is 0 Å². The fourth-order valence-corrected chi connectivity index (χ4v) is 3.09. The largest absolute Gasteiger partial charge is 0.496 e. The van der Waals surface area contributed by atoms with Crippen LogP contribution in [0.2, 0.25) is 0 Å². The number of nitrogens with one attached hydrogen (secondary N) is 1. The molecule has 2 aromatic rings. The minimum atomic E-state index is -0.153. The molecule has 3 nitrogen and oxygen atoms in total. The first-order chi connectivity index (χ1) is 10.6. The van der Waals surface area contributed by atoms with Gasteiger partial charge in [-0.15, -0.1) is 11.8 Å². The van der Waals surface area contributed by atoms with Crippen LogP contribution >= 0.6 is 11.8 Å². The van der Waals surface area contributed by atoms with Crippen LogP contribution in [0, 0.1) is 0 Å². The standard InChI is InChI=1S/C18H21NO2S/c1-13(16-11-7-8-12-17(16)21-3)19-18(20)14(2)22-15-9-5-4-6-10-15/h4-14H,1-3H3,(H,19,20)/t13-,14+/m0/s1. The summed E-state index contributed by atoms with van der Waals surface area (Å²) in [6.45, 7) is 3.89. The lowest BCUT2D eigenvalue weighted by Gasteiger charge is -2.19. The molecule has 0 unspecified atom stereocenters. The smallest absolute Gasteiger partial charge is 0.233 e. The normalized spacial score (nSPS) is 13.2. The summed E-state index contributed by atoms with van der Waals surface area (Å²) in [6, 6.07) is 17.6. The molecule has 0 spiro atoms. The Morgan fingerprint density at radius 3 is 2.36 bits per heavy atom. The lowest BCUT2D eigenvalue weighted by atomic mass is 10.1. The van der Waals surface area contributed by atoms with Crippen molar-refractivity contribution in [2.75, 3.05) is 7.11 Å². The van der Waals surface area contributed by atoms with E-state index in [1.807, 2.05) is 68.4 Å². The fraction of sp³-hybridized carbons (Fsp3) is 0.278. The second-order valence-electron chi connectivity index (χ2n) is 5.05. The molecule has 1 amide bonds. The summed E-state index contributed by atoms with van der Waals surface area (Å²) >= 11 is 1.56. The number of para-hydroxylation sites is 1. The van der Waals surface area contributed by atoms with E-state index in [0.717, 1.165) is 16.2 Å². The number of amides is 1. The van der Waals surface area contributed by atoms with E-state index in [1.165, 1.54) is 0 Å². The Bertz CT molecular complexity index is 615. The van der Waals surface area contributed by atoms with Crippen LogP contribution in [0.1, 0.15) is 25.5 Å². The van der Waals surface area contributed by atoms with Gasteiger partial charge in [-0.2, -0.15) is 0 Å². The van der Waals surface area contributed by atoms with Crippen molar-refractivity contribution in [1.29, 1.82) is 0 Å². The Hall–Kier alpha value is -1.94. The number of rotatable bonds is 6. The van der Waals surface area contributed by atoms with Crippen molar-refractivity contribution in [3.05, 3.63) is 60.2 Å². The molecule has 0 radical (unpaired) electrons. The van der Waals surface area contributed by atoms with Crippen LogP contribution in [0.3, 0.4) is 0 Å². The molecule has 0 aliphatic rings. The number of carbonyl (C=O) groups is 1. The van der Waals surface area contributed by atoms with Crippen LogP contribution in [-0.4, -0.2) is 18.3 Å². The Labute approximate surface area is 136 Å². The molecule has 22 heavy (non-hydrogen) atoms. The molecule has 0 saturated carbocycles. The third-order valence-electron chi connectivity index (χ3n) is 3.39. The Balaban J connectivity index is 1.98. The van der Waals surface area contributed by atoms with Gasteiger partial charge in [0.15, 0.2) is 0 Å². The molecule has 2 atom stereocenters. The van der Waals surface area contributed by atoms with Crippen LogP contribution in [-0.2, 0) is 4.79 Å². The zero-order valence-electron chi connectivity index (χ0n) is 13.1. The highest BCUT2D eigenvalue weighted by molar-refractivity contribution is 8.00. The maximum absolute atomic E-state index is 12.4. The minimum absolute atomic E-state index is 0.0206. The minimum Gasteiger partial charge on any atom is -0.496 e. The Morgan fingerprint density at radius 2 is 1.68 bits per heavy atom. The topological polar surface area (TPSA) is 38.3 Å². The van der Waals surface area contributed by atoms with Crippen molar-refractivity contribution >= 4 is 17.7 Å². The Morgan fingerprint density at radius 1 is 1.05 bits per heavy atom. The van der Waals surface area contributed by atoms with E-state index in [2.05, 4.69) is 5.32 Å². The fourth-order valence-electron chi connectivity index (χ4n) is 2.19. The van der Waals surface area contributed by atoms with E-state index in [9.17, 15) is 4.79 Å². The number of carbonyl (C=O) groups excluding carboxylic acids is 1. The van der Waals surface area contributed by atoms with Crippen LogP contribution in [0.4, 0.5) is 0 Å². The van der Waals surface area contributed by atoms with Gasteiger partial charge in [0, 0.05) is 10.5 Å². The average Bonchev–Trinajstić information content (AvgIpc) is 2.55. The third kappa shape index (κ3) is 4.28. The number of ether oxygens (including phenoxy) is 1. The van der Waals surface area contributed by atoms with Gasteiger partial charge in [0.1, 0.15) is 5.75 Å². The van der Waals surface area contributed by atoms with E-state index in [4.69, 9.17) is 4.74 Å². The second kappa shape index (κ2) is 7.90. The van der Waals surface area contributed by atoms with Gasteiger partial charge in [0.25, 0.3) is 0 Å². The molecular weight excluding hydrogens is 294 g/mol. The molecule has 116 valence electrons. The highest BCUT2D eigenvalue weighted by Crippen LogP contribution is 2.26. The molecular formula is C18H21NO2S. The number of methoxy groups -OCH3 is 1. The number of thioether (sulfide) groups is 1. The molecule has 0 aliphatic carbocycles. The van der Waals surface area contributed by atoms with Crippen molar-refractivity contribution < 1.29 is 9.53 Å². The third-order valence-corrected chi connectivity index (χ3v) is 4.50. The van der Waals surface area contributed by atoms with Crippen LogP contribution in [0.5, 0.6) is 5.75 Å². The lowest BCUT2D eigenvalue weighted by molar-refractivity contribution is -0.120. The number of hydrogen-bond acceptors (Lipinski definition) is 3. The van der Waals surface area contributed by atoms with Gasteiger partial charge in [-0.05, 0) is 32.0 Å². The zero-order valence-corrected chi connectivity index (χ0v) is 13.9. The molecule has 4 heteroatoms. The summed E-state index contributed by atoms with van der Waals surface area (Å²) in [5.74, 6) is 0.811. The molecule has 0 bridgehead atoms. The van der Waals surface area contributed by atoms with E-state index in [-0.39, 0.29) is 17.2 Å². The van der Waals surface area contributed by atoms with Gasteiger partial charge in [0.05, 0.1) is 18.4 Å². The maximum atomic E-state index is 12.4.